The fourth-order valence-corrected chi connectivity index (χ4v) is 3.47. The molecule has 27 heavy (non-hydrogen) atoms. The van der Waals surface area contributed by atoms with Gasteiger partial charge in [0.05, 0.1) is 17.2 Å². The first-order chi connectivity index (χ1) is 13.1. The van der Waals surface area contributed by atoms with Gasteiger partial charge >= 0.3 is 0 Å². The van der Waals surface area contributed by atoms with Crippen LogP contribution >= 0.6 is 0 Å². The number of amides is 1. The third-order valence-corrected chi connectivity index (χ3v) is 5.07. The number of benzene rings is 2. The van der Waals surface area contributed by atoms with E-state index in [0.29, 0.717) is 5.69 Å². The molecule has 1 aromatic heterocycles. The molecule has 1 N–H and O–H groups in total. The maximum Gasteiger partial charge on any atom is 0.227 e. The number of hydrogen-bond acceptors (Lipinski definition) is 4. The van der Waals surface area contributed by atoms with Gasteiger partial charge < -0.3 is 10.2 Å². The fraction of sp³-hybridized carbons (Fsp3) is 0.286. The minimum absolute atomic E-state index is 0.00560. The molecule has 0 aliphatic carbocycles. The number of nitrogens with one attached hydrogen (secondary N) is 1. The first-order valence-corrected chi connectivity index (χ1v) is 9.14. The minimum atomic E-state index is -0.296. The van der Waals surface area contributed by atoms with E-state index in [9.17, 15) is 9.18 Å². The van der Waals surface area contributed by atoms with Gasteiger partial charge in [-0.15, -0.1) is 0 Å². The van der Waals surface area contributed by atoms with E-state index in [-0.39, 0.29) is 17.6 Å². The summed E-state index contributed by atoms with van der Waals surface area (Å²) in [6.45, 7) is 3.31. The Labute approximate surface area is 157 Å². The molecule has 1 saturated heterocycles. The number of hydrogen-bond donors (Lipinski definition) is 1. The van der Waals surface area contributed by atoms with Gasteiger partial charge in [0.1, 0.15) is 11.6 Å². The van der Waals surface area contributed by atoms with Crippen molar-refractivity contribution >= 4 is 28.4 Å². The van der Waals surface area contributed by atoms with Crippen molar-refractivity contribution in [1.29, 1.82) is 0 Å². The molecule has 0 radical (unpaired) electrons. The largest absolute Gasteiger partial charge is 0.355 e. The third kappa shape index (κ3) is 3.74. The van der Waals surface area contributed by atoms with Gasteiger partial charge in [0.15, 0.2) is 0 Å². The molecule has 0 bridgehead atoms. The van der Waals surface area contributed by atoms with Gasteiger partial charge in [-0.2, -0.15) is 0 Å². The Morgan fingerprint density at radius 2 is 1.89 bits per heavy atom. The summed E-state index contributed by atoms with van der Waals surface area (Å²) in [7, 11) is 0. The summed E-state index contributed by atoms with van der Waals surface area (Å²) in [5.74, 6) is 0.491. The topological polar surface area (TPSA) is 58.1 Å². The molecular weight excluding hydrogens is 343 g/mol. The van der Waals surface area contributed by atoms with Crippen molar-refractivity contribution in [1.82, 2.24) is 9.97 Å². The quantitative estimate of drug-likeness (QED) is 0.765. The van der Waals surface area contributed by atoms with Crippen LogP contribution in [0.5, 0.6) is 0 Å². The Morgan fingerprint density at radius 1 is 1.15 bits per heavy atom. The molecule has 0 unspecified atom stereocenters. The maximum absolute atomic E-state index is 13.2. The van der Waals surface area contributed by atoms with Gasteiger partial charge in [-0.05, 0) is 55.7 Å². The Bertz CT molecular complexity index is 983. The van der Waals surface area contributed by atoms with Crippen molar-refractivity contribution in [2.75, 3.05) is 23.3 Å². The number of rotatable bonds is 3. The van der Waals surface area contributed by atoms with Crippen LogP contribution in [0.2, 0.25) is 0 Å². The van der Waals surface area contributed by atoms with E-state index in [1.807, 2.05) is 24.3 Å². The van der Waals surface area contributed by atoms with Crippen LogP contribution in [0.1, 0.15) is 18.4 Å². The van der Waals surface area contributed by atoms with E-state index < -0.39 is 0 Å². The van der Waals surface area contributed by atoms with Crippen LogP contribution in [0, 0.1) is 18.7 Å². The average molecular weight is 364 g/mol. The molecule has 0 atom stereocenters. The predicted octanol–water partition coefficient (Wildman–Crippen LogP) is 3.93. The van der Waals surface area contributed by atoms with Crippen molar-refractivity contribution in [3.8, 4) is 0 Å². The number of aryl methyl sites for hydroxylation is 1. The molecule has 4 rings (SSSR count). The van der Waals surface area contributed by atoms with Gasteiger partial charge in [-0.3, -0.25) is 9.78 Å². The van der Waals surface area contributed by atoms with Crippen molar-refractivity contribution in [2.24, 2.45) is 5.92 Å². The molecule has 2 heterocycles. The standard InChI is InChI=1S/C21H21FN4O/c1-14-12-16(22)6-7-17(14)25-21(27)15-8-10-26(11-9-15)20-13-23-18-4-2-3-5-19(18)24-20/h2-7,12-13,15H,8-11H2,1H3,(H,25,27). The van der Waals surface area contributed by atoms with Gasteiger partial charge in [0.2, 0.25) is 5.91 Å². The van der Waals surface area contributed by atoms with Gasteiger partial charge in [-0.25, -0.2) is 9.37 Å². The van der Waals surface area contributed by atoms with Crippen LogP contribution in [-0.2, 0) is 4.79 Å². The molecule has 1 aliphatic heterocycles. The van der Waals surface area contributed by atoms with E-state index in [1.54, 1.807) is 19.2 Å². The van der Waals surface area contributed by atoms with E-state index in [4.69, 9.17) is 0 Å². The summed E-state index contributed by atoms with van der Waals surface area (Å²) < 4.78 is 13.2. The van der Waals surface area contributed by atoms with Gasteiger partial charge in [0.25, 0.3) is 0 Å². The van der Waals surface area contributed by atoms with Crippen LogP contribution in [0.3, 0.4) is 0 Å². The lowest BCUT2D eigenvalue weighted by atomic mass is 9.95. The predicted molar refractivity (Wildman–Crippen MR) is 104 cm³/mol. The van der Waals surface area contributed by atoms with E-state index >= 15 is 0 Å². The highest BCUT2D eigenvalue weighted by atomic mass is 19.1. The number of piperidine rings is 1. The fourth-order valence-electron chi connectivity index (χ4n) is 3.47. The van der Waals surface area contributed by atoms with Crippen LogP contribution in [0.25, 0.3) is 11.0 Å². The maximum atomic E-state index is 13.2. The van der Waals surface area contributed by atoms with Gasteiger partial charge in [0, 0.05) is 24.7 Å². The zero-order valence-corrected chi connectivity index (χ0v) is 15.2. The SMILES string of the molecule is Cc1cc(F)ccc1NC(=O)C1CCN(c2cnc3ccccc3n2)CC1. The second kappa shape index (κ2) is 7.31. The molecular formula is C21H21FN4O. The molecule has 3 aromatic rings. The highest BCUT2D eigenvalue weighted by Crippen LogP contribution is 2.25. The molecule has 138 valence electrons. The summed E-state index contributed by atoms with van der Waals surface area (Å²) in [4.78, 5) is 23.9. The lowest BCUT2D eigenvalue weighted by molar-refractivity contribution is -0.120. The van der Waals surface area contributed by atoms with Crippen molar-refractivity contribution < 1.29 is 9.18 Å². The number of halogens is 1. The number of anilines is 2. The molecule has 0 saturated carbocycles. The monoisotopic (exact) mass is 364 g/mol. The molecule has 0 spiro atoms. The summed E-state index contributed by atoms with van der Waals surface area (Å²) in [6, 6.07) is 12.2. The Morgan fingerprint density at radius 3 is 2.63 bits per heavy atom. The zero-order valence-electron chi connectivity index (χ0n) is 15.2. The molecule has 6 heteroatoms. The Kier molecular flexibility index (Phi) is 4.71. The lowest BCUT2D eigenvalue weighted by Gasteiger charge is -2.32. The molecule has 2 aromatic carbocycles. The number of nitrogens with zero attached hydrogens (tertiary/aromatic N) is 3. The number of aromatic nitrogens is 2. The lowest BCUT2D eigenvalue weighted by Crippen LogP contribution is -2.38. The third-order valence-electron chi connectivity index (χ3n) is 5.07. The van der Waals surface area contributed by atoms with E-state index in [1.165, 1.54) is 12.1 Å². The van der Waals surface area contributed by atoms with Gasteiger partial charge in [-0.1, -0.05) is 12.1 Å². The van der Waals surface area contributed by atoms with E-state index in [0.717, 1.165) is 48.3 Å². The Balaban J connectivity index is 1.39. The van der Waals surface area contributed by atoms with Crippen LogP contribution in [-0.4, -0.2) is 29.0 Å². The molecule has 5 nitrogen and oxygen atoms in total. The average Bonchev–Trinajstić information content (AvgIpc) is 2.70. The van der Waals surface area contributed by atoms with Crippen molar-refractivity contribution in [3.63, 3.8) is 0 Å². The van der Waals surface area contributed by atoms with Crippen molar-refractivity contribution in [2.45, 2.75) is 19.8 Å². The second-order valence-corrected chi connectivity index (χ2v) is 6.93. The minimum Gasteiger partial charge on any atom is -0.355 e. The van der Waals surface area contributed by atoms with E-state index in [2.05, 4.69) is 20.2 Å². The smallest absolute Gasteiger partial charge is 0.227 e. The molecule has 1 aliphatic rings. The molecule has 1 amide bonds. The van der Waals surface area contributed by atoms with Crippen LogP contribution < -0.4 is 10.2 Å². The zero-order chi connectivity index (χ0) is 18.8. The number of carbonyl (C=O) groups is 1. The van der Waals surface area contributed by atoms with Crippen molar-refractivity contribution in [3.05, 3.63) is 60.0 Å². The summed E-state index contributed by atoms with van der Waals surface area (Å²) >= 11 is 0. The highest BCUT2D eigenvalue weighted by molar-refractivity contribution is 5.93. The first-order valence-electron chi connectivity index (χ1n) is 9.14. The highest BCUT2D eigenvalue weighted by Gasteiger charge is 2.26. The second-order valence-electron chi connectivity index (χ2n) is 6.93. The molecule has 1 fully saturated rings. The summed E-state index contributed by atoms with van der Waals surface area (Å²) in [5.41, 5.74) is 3.16. The number of carbonyl (C=O) groups excluding carboxylic acids is 1. The number of fused-ring (bicyclic) bond motifs is 1. The summed E-state index contributed by atoms with van der Waals surface area (Å²) in [6.07, 6.45) is 3.30. The Hall–Kier alpha value is -3.02. The van der Waals surface area contributed by atoms with Crippen LogP contribution in [0.15, 0.2) is 48.7 Å². The van der Waals surface area contributed by atoms with Crippen LogP contribution in [0.4, 0.5) is 15.9 Å². The summed E-state index contributed by atoms with van der Waals surface area (Å²) in [5, 5.41) is 2.93. The first kappa shape index (κ1) is 17.4. The number of para-hydroxylation sites is 2. The normalized spacial score (nSPS) is 15.1.